The molecule has 0 fully saturated rings. The molecule has 0 bridgehead atoms. The number of anilines is 1. The van der Waals surface area contributed by atoms with Gasteiger partial charge in [0.25, 0.3) is 0 Å². The lowest BCUT2D eigenvalue weighted by atomic mass is 10.3. The topological polar surface area (TPSA) is 43.8 Å². The predicted molar refractivity (Wildman–Crippen MR) is 65.4 cm³/mol. The van der Waals surface area contributed by atoms with Crippen LogP contribution in [0.15, 0.2) is 28.7 Å². The van der Waals surface area contributed by atoms with E-state index >= 15 is 0 Å². The summed E-state index contributed by atoms with van der Waals surface area (Å²) in [5.74, 6) is 0.489. The Morgan fingerprint density at radius 2 is 2.13 bits per heavy atom. The molecular formula is C10H9BrClN3. The van der Waals surface area contributed by atoms with Gasteiger partial charge in [-0.3, -0.25) is 0 Å². The Bertz CT molecular complexity index is 507. The van der Waals surface area contributed by atoms with Crippen LogP contribution in [0.2, 0.25) is 5.02 Å². The molecule has 0 radical (unpaired) electrons. The lowest BCUT2D eigenvalue weighted by molar-refractivity contribution is 0.851. The molecule has 1 aromatic carbocycles. The van der Waals surface area contributed by atoms with Gasteiger partial charge in [0.05, 0.1) is 10.7 Å². The van der Waals surface area contributed by atoms with Crippen molar-refractivity contribution in [2.75, 3.05) is 5.73 Å². The van der Waals surface area contributed by atoms with E-state index in [4.69, 9.17) is 17.3 Å². The quantitative estimate of drug-likeness (QED) is 0.875. The molecule has 0 spiro atoms. The van der Waals surface area contributed by atoms with Crippen molar-refractivity contribution in [2.24, 2.45) is 0 Å². The molecule has 5 heteroatoms. The number of nitrogens with zero attached hydrogens (tertiary/aromatic N) is 2. The maximum atomic E-state index is 6.09. The van der Waals surface area contributed by atoms with E-state index in [9.17, 15) is 0 Å². The van der Waals surface area contributed by atoms with Crippen LogP contribution in [0.3, 0.4) is 0 Å². The number of benzene rings is 1. The van der Waals surface area contributed by atoms with Crippen molar-refractivity contribution in [3.05, 3.63) is 39.5 Å². The van der Waals surface area contributed by atoms with Gasteiger partial charge >= 0.3 is 0 Å². The van der Waals surface area contributed by atoms with Gasteiger partial charge in [-0.05, 0) is 25.1 Å². The van der Waals surface area contributed by atoms with E-state index in [1.807, 2.05) is 25.1 Å². The van der Waals surface area contributed by atoms with Gasteiger partial charge < -0.3 is 5.73 Å². The Balaban J connectivity index is 2.62. The predicted octanol–water partition coefficient (Wildman–Crippen LogP) is 3.18. The molecule has 0 saturated carbocycles. The van der Waals surface area contributed by atoms with E-state index in [1.165, 1.54) is 0 Å². The highest BCUT2D eigenvalue weighted by atomic mass is 79.9. The SMILES string of the molecule is Cc1cc(N)nn1-c1cc(Br)ccc1Cl. The van der Waals surface area contributed by atoms with Crippen LogP contribution in [0, 0.1) is 6.92 Å². The van der Waals surface area contributed by atoms with E-state index in [0.29, 0.717) is 10.8 Å². The van der Waals surface area contributed by atoms with Crippen LogP contribution in [-0.4, -0.2) is 9.78 Å². The number of rotatable bonds is 1. The summed E-state index contributed by atoms with van der Waals surface area (Å²) in [4.78, 5) is 0. The smallest absolute Gasteiger partial charge is 0.146 e. The summed E-state index contributed by atoms with van der Waals surface area (Å²) in [5, 5.41) is 4.81. The summed E-state index contributed by atoms with van der Waals surface area (Å²) in [6, 6.07) is 7.41. The van der Waals surface area contributed by atoms with E-state index < -0.39 is 0 Å². The Kier molecular flexibility index (Phi) is 2.71. The van der Waals surface area contributed by atoms with Crippen molar-refractivity contribution in [1.82, 2.24) is 9.78 Å². The third kappa shape index (κ3) is 2.01. The molecule has 0 aliphatic carbocycles. The second kappa shape index (κ2) is 3.87. The third-order valence-electron chi connectivity index (χ3n) is 2.04. The number of nitrogens with two attached hydrogens (primary N) is 1. The van der Waals surface area contributed by atoms with E-state index in [1.54, 1.807) is 10.7 Å². The average Bonchev–Trinajstić information content (AvgIpc) is 2.50. The number of aryl methyl sites for hydroxylation is 1. The van der Waals surface area contributed by atoms with Crippen LogP contribution in [0.25, 0.3) is 5.69 Å². The molecule has 2 rings (SSSR count). The fourth-order valence-corrected chi connectivity index (χ4v) is 1.94. The van der Waals surface area contributed by atoms with Crippen molar-refractivity contribution in [3.63, 3.8) is 0 Å². The monoisotopic (exact) mass is 285 g/mol. The lowest BCUT2D eigenvalue weighted by Gasteiger charge is -2.06. The molecule has 1 aromatic heterocycles. The molecule has 0 aliphatic rings. The van der Waals surface area contributed by atoms with Crippen molar-refractivity contribution in [2.45, 2.75) is 6.92 Å². The zero-order valence-corrected chi connectivity index (χ0v) is 10.4. The molecule has 78 valence electrons. The van der Waals surface area contributed by atoms with Crippen LogP contribution in [-0.2, 0) is 0 Å². The number of hydrogen-bond donors (Lipinski definition) is 1. The largest absolute Gasteiger partial charge is 0.382 e. The number of hydrogen-bond acceptors (Lipinski definition) is 2. The first-order valence-electron chi connectivity index (χ1n) is 4.35. The molecule has 2 N–H and O–H groups in total. The van der Waals surface area contributed by atoms with Crippen LogP contribution in [0.5, 0.6) is 0 Å². The molecule has 0 unspecified atom stereocenters. The highest BCUT2D eigenvalue weighted by Crippen LogP contribution is 2.25. The van der Waals surface area contributed by atoms with Crippen molar-refractivity contribution in [3.8, 4) is 5.69 Å². The molecular weight excluding hydrogens is 277 g/mol. The number of halogens is 2. The summed E-state index contributed by atoms with van der Waals surface area (Å²) >= 11 is 9.48. The van der Waals surface area contributed by atoms with E-state index in [-0.39, 0.29) is 0 Å². The second-order valence-corrected chi connectivity index (χ2v) is 4.54. The van der Waals surface area contributed by atoms with Gasteiger partial charge in [0.1, 0.15) is 5.82 Å². The first kappa shape index (κ1) is 10.5. The standard InChI is InChI=1S/C10H9BrClN3/c1-6-4-10(13)14-15(6)9-5-7(11)2-3-8(9)12/h2-5H,1H3,(H2,13,14). The maximum absolute atomic E-state index is 6.09. The molecule has 2 aromatic rings. The molecule has 15 heavy (non-hydrogen) atoms. The average molecular weight is 287 g/mol. The normalized spacial score (nSPS) is 10.6. The molecule has 0 atom stereocenters. The van der Waals surface area contributed by atoms with Crippen LogP contribution < -0.4 is 5.73 Å². The minimum Gasteiger partial charge on any atom is -0.382 e. The van der Waals surface area contributed by atoms with Crippen LogP contribution >= 0.6 is 27.5 Å². The first-order chi connectivity index (χ1) is 7.08. The highest BCUT2D eigenvalue weighted by molar-refractivity contribution is 9.10. The Labute approximate surface area is 101 Å². The van der Waals surface area contributed by atoms with Crippen LogP contribution in [0.1, 0.15) is 5.69 Å². The first-order valence-corrected chi connectivity index (χ1v) is 5.52. The number of nitrogen functional groups attached to an aromatic ring is 1. The Hall–Kier alpha value is -1.000. The second-order valence-electron chi connectivity index (χ2n) is 3.22. The molecule has 0 amide bonds. The maximum Gasteiger partial charge on any atom is 0.146 e. The van der Waals surface area contributed by atoms with Gasteiger partial charge in [0.15, 0.2) is 0 Å². The van der Waals surface area contributed by atoms with E-state index in [2.05, 4.69) is 21.0 Å². The highest BCUT2D eigenvalue weighted by Gasteiger charge is 2.08. The van der Waals surface area contributed by atoms with Gasteiger partial charge in [-0.25, -0.2) is 4.68 Å². The van der Waals surface area contributed by atoms with Gasteiger partial charge in [-0.2, -0.15) is 5.10 Å². The third-order valence-corrected chi connectivity index (χ3v) is 2.86. The lowest BCUT2D eigenvalue weighted by Crippen LogP contribution is -2.00. The van der Waals surface area contributed by atoms with Gasteiger partial charge in [0.2, 0.25) is 0 Å². The van der Waals surface area contributed by atoms with Crippen LogP contribution in [0.4, 0.5) is 5.82 Å². The van der Waals surface area contributed by atoms with Crippen molar-refractivity contribution in [1.29, 1.82) is 0 Å². The zero-order chi connectivity index (χ0) is 11.0. The Morgan fingerprint density at radius 3 is 2.73 bits per heavy atom. The van der Waals surface area contributed by atoms with Gasteiger partial charge in [-0.15, -0.1) is 0 Å². The van der Waals surface area contributed by atoms with E-state index in [0.717, 1.165) is 15.9 Å². The fraction of sp³-hybridized carbons (Fsp3) is 0.100. The molecule has 3 nitrogen and oxygen atoms in total. The van der Waals surface area contributed by atoms with Gasteiger partial charge in [0, 0.05) is 16.2 Å². The summed E-state index contributed by atoms with van der Waals surface area (Å²) in [6.45, 7) is 1.93. The molecule has 0 aliphatic heterocycles. The Morgan fingerprint density at radius 1 is 1.40 bits per heavy atom. The summed E-state index contributed by atoms with van der Waals surface area (Å²) < 4.78 is 2.68. The molecule has 0 saturated heterocycles. The fourth-order valence-electron chi connectivity index (χ4n) is 1.39. The van der Waals surface area contributed by atoms with Gasteiger partial charge in [-0.1, -0.05) is 27.5 Å². The van der Waals surface area contributed by atoms with Crippen molar-refractivity contribution >= 4 is 33.3 Å². The minimum absolute atomic E-state index is 0.489. The molecule has 1 heterocycles. The zero-order valence-electron chi connectivity index (χ0n) is 8.04. The summed E-state index contributed by atoms with van der Waals surface area (Å²) in [7, 11) is 0. The minimum atomic E-state index is 0.489. The summed E-state index contributed by atoms with van der Waals surface area (Å²) in [6.07, 6.45) is 0. The number of aromatic nitrogens is 2. The van der Waals surface area contributed by atoms with Crippen molar-refractivity contribution < 1.29 is 0 Å². The summed E-state index contributed by atoms with van der Waals surface area (Å²) in [5.41, 5.74) is 7.39.